The SMILES string of the molecule is c1ccc(-c2cc(-c3cccc4ccccc34)nc(-c3cccc4c3sc3c4ccc4c5ccccc5n(-c5ccccc5)c43)n2)cc1. The summed E-state index contributed by atoms with van der Waals surface area (Å²) in [6.07, 6.45) is 0. The molecule has 10 aromatic rings. The third-order valence-electron chi connectivity index (χ3n) is 9.42. The third-order valence-corrected chi connectivity index (χ3v) is 10.7. The lowest BCUT2D eigenvalue weighted by Gasteiger charge is -2.11. The molecule has 3 heterocycles. The molecule has 0 radical (unpaired) electrons. The van der Waals surface area contributed by atoms with E-state index in [1.165, 1.54) is 52.8 Å². The van der Waals surface area contributed by atoms with Crippen molar-refractivity contribution < 1.29 is 0 Å². The second-order valence-corrected chi connectivity index (χ2v) is 13.2. The average molecular weight is 630 g/mol. The molecule has 0 saturated heterocycles. The minimum absolute atomic E-state index is 0.733. The molecule has 0 unspecified atom stereocenters. The maximum Gasteiger partial charge on any atom is 0.161 e. The van der Waals surface area contributed by atoms with Gasteiger partial charge < -0.3 is 4.57 Å². The van der Waals surface area contributed by atoms with Gasteiger partial charge in [-0.3, -0.25) is 0 Å². The first-order valence-corrected chi connectivity index (χ1v) is 17.0. The van der Waals surface area contributed by atoms with Crippen molar-refractivity contribution in [3.63, 3.8) is 0 Å². The van der Waals surface area contributed by atoms with E-state index >= 15 is 0 Å². The van der Waals surface area contributed by atoms with E-state index < -0.39 is 0 Å². The summed E-state index contributed by atoms with van der Waals surface area (Å²) in [6.45, 7) is 0. The van der Waals surface area contributed by atoms with Crippen molar-refractivity contribution in [1.29, 1.82) is 0 Å². The van der Waals surface area contributed by atoms with Gasteiger partial charge in [0.05, 0.1) is 27.1 Å². The van der Waals surface area contributed by atoms with E-state index in [0.29, 0.717) is 0 Å². The molecule has 4 heteroatoms. The Kier molecular flexibility index (Phi) is 6.05. The molecule has 0 aliphatic rings. The smallest absolute Gasteiger partial charge is 0.161 e. The zero-order valence-electron chi connectivity index (χ0n) is 25.8. The van der Waals surface area contributed by atoms with Crippen LogP contribution >= 0.6 is 11.3 Å². The fourth-order valence-electron chi connectivity index (χ4n) is 7.24. The maximum absolute atomic E-state index is 5.32. The zero-order chi connectivity index (χ0) is 31.6. The Morgan fingerprint density at radius 1 is 0.438 bits per heavy atom. The molecule has 3 aromatic heterocycles. The Hall–Kier alpha value is -6.10. The van der Waals surface area contributed by atoms with Crippen LogP contribution in [0.5, 0.6) is 0 Å². The summed E-state index contributed by atoms with van der Waals surface area (Å²) in [5.74, 6) is 0.733. The van der Waals surface area contributed by atoms with Gasteiger partial charge in [0.1, 0.15) is 0 Å². The molecular formula is C44H27N3S. The van der Waals surface area contributed by atoms with Gasteiger partial charge in [-0.05, 0) is 41.1 Å². The number of hydrogen-bond acceptors (Lipinski definition) is 3. The van der Waals surface area contributed by atoms with Crippen molar-refractivity contribution in [2.75, 3.05) is 0 Å². The number of aromatic nitrogens is 3. The molecule has 0 atom stereocenters. The second-order valence-electron chi connectivity index (χ2n) is 12.2. The van der Waals surface area contributed by atoms with Crippen LogP contribution in [0.2, 0.25) is 0 Å². The largest absolute Gasteiger partial charge is 0.308 e. The first-order chi connectivity index (χ1) is 23.8. The second kappa shape index (κ2) is 10.7. The standard InChI is InChI=1S/C44H27N3S/c1-3-14-29(15-4-1)38-27-39(32-21-11-16-28-13-7-8-19-31(28)32)46-44(45-38)37-23-12-22-35-36-26-25-34-33-20-9-10-24-40(33)47(30-17-5-2-6-18-30)41(34)43(36)48-42(35)37/h1-27H. The van der Waals surface area contributed by atoms with Gasteiger partial charge >= 0.3 is 0 Å². The molecule has 3 nitrogen and oxygen atoms in total. The highest BCUT2D eigenvalue weighted by atomic mass is 32.1. The molecule has 0 bridgehead atoms. The predicted octanol–water partition coefficient (Wildman–Crippen LogP) is 12.1. The van der Waals surface area contributed by atoms with Crippen molar-refractivity contribution in [2.45, 2.75) is 0 Å². The van der Waals surface area contributed by atoms with Crippen molar-refractivity contribution in [3.8, 4) is 39.6 Å². The fourth-order valence-corrected chi connectivity index (χ4v) is 8.58. The van der Waals surface area contributed by atoms with Crippen LogP contribution in [0.1, 0.15) is 0 Å². The normalized spacial score (nSPS) is 11.8. The van der Waals surface area contributed by atoms with E-state index in [-0.39, 0.29) is 0 Å². The Morgan fingerprint density at radius 2 is 1.06 bits per heavy atom. The monoisotopic (exact) mass is 629 g/mol. The third kappa shape index (κ3) is 4.13. The van der Waals surface area contributed by atoms with Gasteiger partial charge in [-0.2, -0.15) is 0 Å². The van der Waals surface area contributed by atoms with Gasteiger partial charge in [-0.1, -0.05) is 133 Å². The van der Waals surface area contributed by atoms with Crippen LogP contribution in [-0.2, 0) is 0 Å². The summed E-state index contributed by atoms with van der Waals surface area (Å²) in [5.41, 5.74) is 8.65. The lowest BCUT2D eigenvalue weighted by Crippen LogP contribution is -1.96. The van der Waals surface area contributed by atoms with Crippen molar-refractivity contribution >= 4 is 64.1 Å². The number of fused-ring (bicyclic) bond motifs is 8. The molecule has 0 fully saturated rings. The topological polar surface area (TPSA) is 30.7 Å². The molecular weight excluding hydrogens is 603 g/mol. The summed E-state index contributed by atoms with van der Waals surface area (Å²) in [4.78, 5) is 10.6. The van der Waals surface area contributed by atoms with E-state index in [1.807, 2.05) is 17.4 Å². The molecule has 224 valence electrons. The fraction of sp³-hybridized carbons (Fsp3) is 0. The van der Waals surface area contributed by atoms with Crippen LogP contribution in [-0.4, -0.2) is 14.5 Å². The Bertz CT molecular complexity index is 2830. The van der Waals surface area contributed by atoms with Crippen molar-refractivity contribution in [3.05, 3.63) is 164 Å². The Labute approximate surface area is 281 Å². The van der Waals surface area contributed by atoms with Gasteiger partial charge in [-0.25, -0.2) is 9.97 Å². The summed E-state index contributed by atoms with van der Waals surface area (Å²) in [5, 5.41) is 7.36. The minimum atomic E-state index is 0.733. The quantitative estimate of drug-likeness (QED) is 0.194. The highest BCUT2D eigenvalue weighted by Gasteiger charge is 2.20. The van der Waals surface area contributed by atoms with Crippen molar-refractivity contribution in [2.24, 2.45) is 0 Å². The van der Waals surface area contributed by atoms with Gasteiger partial charge in [0.25, 0.3) is 0 Å². The molecule has 7 aromatic carbocycles. The molecule has 0 spiro atoms. The van der Waals surface area contributed by atoms with E-state index in [0.717, 1.165) is 39.6 Å². The van der Waals surface area contributed by atoms with Crippen LogP contribution < -0.4 is 0 Å². The van der Waals surface area contributed by atoms with Crippen LogP contribution in [0.25, 0.3) is 92.3 Å². The Balaban J connectivity index is 1.27. The number of rotatable bonds is 4. The van der Waals surface area contributed by atoms with E-state index in [2.05, 4.69) is 162 Å². The lowest BCUT2D eigenvalue weighted by molar-refractivity contribution is 1.19. The molecule has 10 rings (SSSR count). The Morgan fingerprint density at radius 3 is 1.94 bits per heavy atom. The van der Waals surface area contributed by atoms with Gasteiger partial charge in [0.2, 0.25) is 0 Å². The highest BCUT2D eigenvalue weighted by molar-refractivity contribution is 7.27. The molecule has 48 heavy (non-hydrogen) atoms. The summed E-state index contributed by atoms with van der Waals surface area (Å²) < 4.78 is 4.88. The van der Waals surface area contributed by atoms with Crippen LogP contribution in [0.15, 0.2) is 164 Å². The molecule has 0 aliphatic carbocycles. The highest BCUT2D eigenvalue weighted by Crippen LogP contribution is 2.45. The van der Waals surface area contributed by atoms with E-state index in [9.17, 15) is 0 Å². The van der Waals surface area contributed by atoms with Crippen LogP contribution in [0.4, 0.5) is 0 Å². The molecule has 0 saturated carbocycles. The van der Waals surface area contributed by atoms with Gasteiger partial charge in [0, 0.05) is 48.6 Å². The van der Waals surface area contributed by atoms with Gasteiger partial charge in [-0.15, -0.1) is 11.3 Å². The van der Waals surface area contributed by atoms with E-state index in [4.69, 9.17) is 9.97 Å². The summed E-state index contributed by atoms with van der Waals surface area (Å²) in [6, 6.07) is 58.1. The van der Waals surface area contributed by atoms with Crippen LogP contribution in [0, 0.1) is 0 Å². The molecule has 0 aliphatic heterocycles. The lowest BCUT2D eigenvalue weighted by atomic mass is 10.0. The van der Waals surface area contributed by atoms with E-state index in [1.54, 1.807) is 0 Å². The molecule has 0 amide bonds. The van der Waals surface area contributed by atoms with Crippen LogP contribution in [0.3, 0.4) is 0 Å². The minimum Gasteiger partial charge on any atom is -0.308 e. The zero-order valence-corrected chi connectivity index (χ0v) is 26.7. The maximum atomic E-state index is 5.32. The van der Waals surface area contributed by atoms with Gasteiger partial charge in [0.15, 0.2) is 5.82 Å². The number of thiophene rings is 1. The predicted molar refractivity (Wildman–Crippen MR) is 203 cm³/mol. The first-order valence-electron chi connectivity index (χ1n) is 16.2. The average Bonchev–Trinajstić information content (AvgIpc) is 3.71. The number of nitrogens with zero attached hydrogens (tertiary/aromatic N) is 3. The van der Waals surface area contributed by atoms with Crippen molar-refractivity contribution in [1.82, 2.24) is 14.5 Å². The first kappa shape index (κ1) is 27.1. The number of para-hydroxylation sites is 2. The molecule has 0 N–H and O–H groups in total. The summed E-state index contributed by atoms with van der Waals surface area (Å²) >= 11 is 1.84. The number of hydrogen-bond donors (Lipinski definition) is 0. The summed E-state index contributed by atoms with van der Waals surface area (Å²) in [7, 11) is 0. The number of benzene rings is 7.